The van der Waals surface area contributed by atoms with Crippen molar-refractivity contribution >= 4 is 0 Å². The highest BCUT2D eigenvalue weighted by molar-refractivity contribution is 5.08. The van der Waals surface area contributed by atoms with Crippen molar-refractivity contribution in [1.29, 1.82) is 0 Å². The van der Waals surface area contributed by atoms with E-state index in [4.69, 9.17) is 5.73 Å². The quantitative estimate of drug-likeness (QED) is 0.641. The highest BCUT2D eigenvalue weighted by Gasteiger charge is 2.09. The lowest BCUT2D eigenvalue weighted by atomic mass is 10.0. The fourth-order valence-corrected chi connectivity index (χ4v) is 0.911. The van der Waals surface area contributed by atoms with Gasteiger partial charge in [-0.3, -0.25) is 0 Å². The van der Waals surface area contributed by atoms with Gasteiger partial charge in [-0.05, 0) is 18.1 Å². The van der Waals surface area contributed by atoms with E-state index < -0.39 is 0 Å². The van der Waals surface area contributed by atoms with Crippen LogP contribution in [0.25, 0.3) is 0 Å². The lowest BCUT2D eigenvalue weighted by Gasteiger charge is -2.12. The summed E-state index contributed by atoms with van der Waals surface area (Å²) in [5, 5.41) is 0. The first-order valence-corrected chi connectivity index (χ1v) is 3.60. The predicted octanol–water partition coefficient (Wildman–Crippen LogP) is 1.67. The number of rotatable bonds is 2. The standard InChI is InChI=1S/C8H14N2/c1-6(2)8(9)7-4-3-5-10-7/h3-6,8,10H,9H2,1-2H3/t8-/m1/s1. The molecule has 1 aromatic rings. The monoisotopic (exact) mass is 138 g/mol. The minimum atomic E-state index is 0.148. The van der Waals surface area contributed by atoms with Crippen molar-refractivity contribution < 1.29 is 0 Å². The smallest absolute Gasteiger partial charge is 0.0471 e. The zero-order valence-corrected chi connectivity index (χ0v) is 6.46. The fourth-order valence-electron chi connectivity index (χ4n) is 0.911. The maximum Gasteiger partial charge on any atom is 0.0471 e. The van der Waals surface area contributed by atoms with E-state index in [1.807, 2.05) is 18.3 Å². The predicted molar refractivity (Wildman–Crippen MR) is 42.6 cm³/mol. The van der Waals surface area contributed by atoms with Crippen molar-refractivity contribution in [3.8, 4) is 0 Å². The maximum absolute atomic E-state index is 5.85. The molecular weight excluding hydrogens is 124 g/mol. The Balaban J connectivity index is 2.68. The Bertz CT molecular complexity index is 177. The number of hydrogen-bond acceptors (Lipinski definition) is 1. The van der Waals surface area contributed by atoms with Crippen LogP contribution in [-0.4, -0.2) is 4.98 Å². The van der Waals surface area contributed by atoms with Crippen LogP contribution in [0.3, 0.4) is 0 Å². The molecule has 0 radical (unpaired) electrons. The summed E-state index contributed by atoms with van der Waals surface area (Å²) in [6.07, 6.45) is 1.90. The Morgan fingerprint density at radius 1 is 1.50 bits per heavy atom. The first-order chi connectivity index (χ1) is 4.72. The van der Waals surface area contributed by atoms with Gasteiger partial charge in [-0.25, -0.2) is 0 Å². The van der Waals surface area contributed by atoms with Gasteiger partial charge >= 0.3 is 0 Å². The highest BCUT2D eigenvalue weighted by atomic mass is 14.8. The average Bonchev–Trinajstić information content (AvgIpc) is 2.36. The Morgan fingerprint density at radius 2 is 2.20 bits per heavy atom. The van der Waals surface area contributed by atoms with Crippen molar-refractivity contribution in [2.75, 3.05) is 0 Å². The van der Waals surface area contributed by atoms with Gasteiger partial charge in [-0.15, -0.1) is 0 Å². The minimum absolute atomic E-state index is 0.148. The van der Waals surface area contributed by atoms with Gasteiger partial charge in [-0.1, -0.05) is 13.8 Å². The summed E-state index contributed by atoms with van der Waals surface area (Å²) in [6, 6.07) is 4.14. The topological polar surface area (TPSA) is 41.8 Å². The van der Waals surface area contributed by atoms with E-state index >= 15 is 0 Å². The van der Waals surface area contributed by atoms with Gasteiger partial charge in [-0.2, -0.15) is 0 Å². The molecule has 1 aromatic heterocycles. The largest absolute Gasteiger partial charge is 0.364 e. The van der Waals surface area contributed by atoms with Crippen molar-refractivity contribution in [3.05, 3.63) is 24.0 Å². The molecule has 0 saturated heterocycles. The van der Waals surface area contributed by atoms with Crippen LogP contribution >= 0.6 is 0 Å². The Labute approximate surface area is 61.4 Å². The first-order valence-electron chi connectivity index (χ1n) is 3.60. The Hall–Kier alpha value is -0.760. The lowest BCUT2D eigenvalue weighted by molar-refractivity contribution is 0.505. The van der Waals surface area contributed by atoms with Crippen LogP contribution in [0, 0.1) is 5.92 Å². The van der Waals surface area contributed by atoms with Crippen LogP contribution in [0.1, 0.15) is 25.6 Å². The summed E-state index contributed by atoms with van der Waals surface area (Å²) in [5.41, 5.74) is 6.97. The minimum Gasteiger partial charge on any atom is -0.364 e. The van der Waals surface area contributed by atoms with E-state index in [1.54, 1.807) is 0 Å². The van der Waals surface area contributed by atoms with Gasteiger partial charge in [0.05, 0.1) is 0 Å². The molecule has 0 fully saturated rings. The molecule has 10 heavy (non-hydrogen) atoms. The highest BCUT2D eigenvalue weighted by Crippen LogP contribution is 2.15. The van der Waals surface area contributed by atoms with Crippen LogP contribution < -0.4 is 5.73 Å². The van der Waals surface area contributed by atoms with E-state index in [-0.39, 0.29) is 6.04 Å². The van der Waals surface area contributed by atoms with Crippen LogP contribution in [-0.2, 0) is 0 Å². The molecule has 3 N–H and O–H groups in total. The summed E-state index contributed by atoms with van der Waals surface area (Å²) in [7, 11) is 0. The van der Waals surface area contributed by atoms with E-state index in [1.165, 1.54) is 0 Å². The lowest BCUT2D eigenvalue weighted by Crippen LogP contribution is -2.16. The second-order valence-electron chi connectivity index (χ2n) is 2.90. The molecule has 0 spiro atoms. The van der Waals surface area contributed by atoms with Gasteiger partial charge in [0.1, 0.15) is 0 Å². The molecule has 1 heterocycles. The van der Waals surface area contributed by atoms with E-state index in [0.29, 0.717) is 5.92 Å². The number of aromatic amines is 1. The first kappa shape index (κ1) is 7.35. The number of nitrogens with two attached hydrogens (primary N) is 1. The number of hydrogen-bond donors (Lipinski definition) is 2. The molecule has 0 aliphatic rings. The fraction of sp³-hybridized carbons (Fsp3) is 0.500. The van der Waals surface area contributed by atoms with Crippen molar-refractivity contribution in [2.24, 2.45) is 11.7 Å². The van der Waals surface area contributed by atoms with E-state index in [0.717, 1.165) is 5.69 Å². The molecule has 1 rings (SSSR count). The second kappa shape index (κ2) is 2.88. The molecule has 0 aliphatic carbocycles. The zero-order valence-electron chi connectivity index (χ0n) is 6.46. The van der Waals surface area contributed by atoms with Gasteiger partial charge in [0.2, 0.25) is 0 Å². The summed E-state index contributed by atoms with van der Waals surface area (Å²) >= 11 is 0. The summed E-state index contributed by atoms with van der Waals surface area (Å²) in [6.45, 7) is 4.23. The normalized spacial score (nSPS) is 14.0. The van der Waals surface area contributed by atoms with E-state index in [9.17, 15) is 0 Å². The molecule has 0 amide bonds. The Morgan fingerprint density at radius 3 is 2.60 bits per heavy atom. The summed E-state index contributed by atoms with van der Waals surface area (Å²) < 4.78 is 0. The van der Waals surface area contributed by atoms with Crippen molar-refractivity contribution in [1.82, 2.24) is 4.98 Å². The van der Waals surface area contributed by atoms with Gasteiger partial charge in [0.15, 0.2) is 0 Å². The molecular formula is C8H14N2. The van der Waals surface area contributed by atoms with Gasteiger partial charge in [0, 0.05) is 17.9 Å². The summed E-state index contributed by atoms with van der Waals surface area (Å²) in [4.78, 5) is 3.09. The summed E-state index contributed by atoms with van der Waals surface area (Å²) in [5.74, 6) is 0.499. The SMILES string of the molecule is CC(C)[C@@H](N)c1ccc[nH]1. The number of nitrogens with one attached hydrogen (secondary N) is 1. The molecule has 2 heteroatoms. The molecule has 0 bridgehead atoms. The number of aromatic nitrogens is 1. The molecule has 0 saturated carbocycles. The van der Waals surface area contributed by atoms with Crippen LogP contribution in [0.4, 0.5) is 0 Å². The van der Waals surface area contributed by atoms with E-state index in [2.05, 4.69) is 18.8 Å². The van der Waals surface area contributed by atoms with Crippen LogP contribution in [0.5, 0.6) is 0 Å². The Kier molecular flexibility index (Phi) is 2.12. The number of H-pyrrole nitrogens is 1. The molecule has 2 nitrogen and oxygen atoms in total. The molecule has 0 unspecified atom stereocenters. The van der Waals surface area contributed by atoms with Gasteiger partial charge < -0.3 is 10.7 Å². The van der Waals surface area contributed by atoms with Crippen molar-refractivity contribution in [2.45, 2.75) is 19.9 Å². The molecule has 0 aromatic carbocycles. The maximum atomic E-state index is 5.85. The van der Waals surface area contributed by atoms with Crippen molar-refractivity contribution in [3.63, 3.8) is 0 Å². The third-order valence-corrected chi connectivity index (χ3v) is 1.70. The van der Waals surface area contributed by atoms with Crippen LogP contribution in [0.2, 0.25) is 0 Å². The molecule has 56 valence electrons. The molecule has 0 aliphatic heterocycles. The van der Waals surface area contributed by atoms with Gasteiger partial charge in [0.25, 0.3) is 0 Å². The zero-order chi connectivity index (χ0) is 7.56. The second-order valence-corrected chi connectivity index (χ2v) is 2.90. The third-order valence-electron chi connectivity index (χ3n) is 1.70. The molecule has 1 atom stereocenters. The average molecular weight is 138 g/mol. The van der Waals surface area contributed by atoms with Crippen LogP contribution in [0.15, 0.2) is 18.3 Å². The third kappa shape index (κ3) is 1.39.